The van der Waals surface area contributed by atoms with E-state index in [0.717, 1.165) is 17.7 Å². The van der Waals surface area contributed by atoms with E-state index in [1.807, 2.05) is 0 Å². The number of carbonyl (C=O) groups excluding carboxylic acids is 1. The molecule has 0 fully saturated rings. The molecule has 2 aromatic rings. The van der Waals surface area contributed by atoms with Crippen LogP contribution in [0.25, 0.3) is 0 Å². The molecule has 0 aromatic heterocycles. The van der Waals surface area contributed by atoms with Crippen LogP contribution in [-0.2, 0) is 23.9 Å². The van der Waals surface area contributed by atoms with Crippen LogP contribution in [0.2, 0.25) is 0 Å². The molecule has 10 heteroatoms. The van der Waals surface area contributed by atoms with Crippen molar-refractivity contribution in [1.82, 2.24) is 10.2 Å². The van der Waals surface area contributed by atoms with Crippen LogP contribution in [0.4, 0.5) is 17.6 Å². The van der Waals surface area contributed by atoms with Crippen molar-refractivity contribution >= 4 is 35.8 Å². The highest BCUT2D eigenvalue weighted by Gasteiger charge is 2.30. The second-order valence-electron chi connectivity index (χ2n) is 6.91. The molecular formula is C21H25F4IN4O. The minimum atomic E-state index is -4.38. The zero-order valence-electron chi connectivity index (χ0n) is 17.1. The summed E-state index contributed by atoms with van der Waals surface area (Å²) in [5.74, 6) is -0.961. The van der Waals surface area contributed by atoms with Gasteiger partial charge in [-0.1, -0.05) is 24.3 Å². The lowest BCUT2D eigenvalue weighted by atomic mass is 9.98. The summed E-state index contributed by atoms with van der Waals surface area (Å²) in [6.07, 6.45) is -4.04. The molecule has 1 unspecified atom stereocenters. The number of guanidine groups is 1. The van der Waals surface area contributed by atoms with E-state index in [9.17, 15) is 22.4 Å². The minimum Gasteiger partial charge on any atom is -0.369 e. The molecule has 0 aliphatic carbocycles. The Labute approximate surface area is 195 Å². The number of hydrogen-bond donors (Lipinski definition) is 2. The highest BCUT2D eigenvalue weighted by atomic mass is 127. The van der Waals surface area contributed by atoms with Gasteiger partial charge in [-0.25, -0.2) is 4.39 Å². The summed E-state index contributed by atoms with van der Waals surface area (Å²) in [7, 11) is 3.29. The van der Waals surface area contributed by atoms with Crippen LogP contribution in [0.1, 0.15) is 16.7 Å². The Morgan fingerprint density at radius 1 is 1.10 bits per heavy atom. The molecule has 0 radical (unpaired) electrons. The molecule has 2 rings (SSSR count). The van der Waals surface area contributed by atoms with Crippen LogP contribution in [0, 0.1) is 11.7 Å². The van der Waals surface area contributed by atoms with Crippen molar-refractivity contribution in [2.45, 2.75) is 19.1 Å². The number of carbonyl (C=O) groups is 1. The Bertz CT molecular complexity index is 870. The van der Waals surface area contributed by atoms with Crippen molar-refractivity contribution in [3.05, 3.63) is 71.0 Å². The van der Waals surface area contributed by atoms with Crippen molar-refractivity contribution in [2.24, 2.45) is 16.6 Å². The maximum absolute atomic E-state index is 13.0. The van der Waals surface area contributed by atoms with Crippen LogP contribution in [0.15, 0.2) is 53.5 Å². The van der Waals surface area contributed by atoms with E-state index < -0.39 is 23.6 Å². The lowest BCUT2D eigenvalue weighted by molar-refractivity contribution is -0.137. The number of alkyl halides is 3. The normalized spacial score (nSPS) is 12.6. The Balaban J connectivity index is 0.00000480. The lowest BCUT2D eigenvalue weighted by Gasteiger charge is -2.24. The van der Waals surface area contributed by atoms with Crippen LogP contribution in [-0.4, -0.2) is 37.4 Å². The number of rotatable bonds is 7. The molecule has 2 aromatic carbocycles. The fourth-order valence-corrected chi connectivity index (χ4v) is 2.93. The molecule has 0 saturated heterocycles. The van der Waals surface area contributed by atoms with Crippen molar-refractivity contribution < 1.29 is 22.4 Å². The topological polar surface area (TPSA) is 70.7 Å². The van der Waals surface area contributed by atoms with Gasteiger partial charge >= 0.3 is 6.18 Å². The molecule has 0 bridgehead atoms. The summed E-state index contributed by atoms with van der Waals surface area (Å²) < 4.78 is 51.1. The van der Waals surface area contributed by atoms with Crippen molar-refractivity contribution in [3.8, 4) is 0 Å². The summed E-state index contributed by atoms with van der Waals surface area (Å²) in [6.45, 7) is 0.522. The van der Waals surface area contributed by atoms with Gasteiger partial charge in [0.05, 0.1) is 11.5 Å². The van der Waals surface area contributed by atoms with E-state index in [4.69, 9.17) is 5.73 Å². The Hall–Kier alpha value is -2.37. The van der Waals surface area contributed by atoms with E-state index in [-0.39, 0.29) is 36.3 Å². The van der Waals surface area contributed by atoms with Crippen molar-refractivity contribution in [1.29, 1.82) is 0 Å². The first-order chi connectivity index (χ1) is 14.1. The summed E-state index contributed by atoms with van der Waals surface area (Å²) in [5.41, 5.74) is 6.23. The van der Waals surface area contributed by atoms with Gasteiger partial charge in [-0.05, 0) is 41.8 Å². The molecule has 3 N–H and O–H groups in total. The highest BCUT2D eigenvalue weighted by molar-refractivity contribution is 14.0. The average molecular weight is 552 g/mol. The summed E-state index contributed by atoms with van der Waals surface area (Å²) in [6, 6.07) is 10.7. The van der Waals surface area contributed by atoms with Gasteiger partial charge < -0.3 is 16.0 Å². The smallest absolute Gasteiger partial charge is 0.369 e. The maximum Gasteiger partial charge on any atom is 0.416 e. The monoisotopic (exact) mass is 552 g/mol. The standard InChI is InChI=1S/C21H24F4N4O.HI/c1-27-20(29(2)13-15-3-7-17(8-4-15)21(23,24)25)28-12-16(19(26)30)11-14-5-9-18(22)10-6-14;/h3-10,16H,11-13H2,1-2H3,(H2,26,30)(H,27,28);1H. The third-order valence-corrected chi connectivity index (χ3v) is 4.58. The fraction of sp³-hybridized carbons (Fsp3) is 0.333. The second-order valence-corrected chi connectivity index (χ2v) is 6.91. The Morgan fingerprint density at radius 2 is 1.65 bits per heavy atom. The molecule has 5 nitrogen and oxygen atoms in total. The lowest BCUT2D eigenvalue weighted by Crippen LogP contribution is -2.43. The molecule has 31 heavy (non-hydrogen) atoms. The average Bonchev–Trinajstić information content (AvgIpc) is 2.68. The number of aliphatic imine (C=N–C) groups is 1. The quantitative estimate of drug-likeness (QED) is 0.238. The molecule has 170 valence electrons. The van der Waals surface area contributed by atoms with Gasteiger partial charge in [-0.3, -0.25) is 9.79 Å². The molecular weight excluding hydrogens is 527 g/mol. The zero-order valence-corrected chi connectivity index (χ0v) is 19.4. The first kappa shape index (κ1) is 26.7. The SMILES string of the molecule is CN=C(NCC(Cc1ccc(F)cc1)C(N)=O)N(C)Cc1ccc(C(F)(F)F)cc1.I. The molecule has 0 heterocycles. The van der Waals surface area contributed by atoms with Crippen LogP contribution in [0.5, 0.6) is 0 Å². The van der Waals surface area contributed by atoms with Crippen molar-refractivity contribution in [3.63, 3.8) is 0 Å². The predicted molar refractivity (Wildman–Crippen MR) is 122 cm³/mol. The van der Waals surface area contributed by atoms with E-state index in [0.29, 0.717) is 24.5 Å². The van der Waals surface area contributed by atoms with Crippen LogP contribution >= 0.6 is 24.0 Å². The number of amides is 1. The van der Waals surface area contributed by atoms with E-state index in [1.165, 1.54) is 24.3 Å². The van der Waals surface area contributed by atoms with Gasteiger partial charge in [0.1, 0.15) is 5.82 Å². The molecule has 0 aliphatic heterocycles. The van der Waals surface area contributed by atoms with Gasteiger partial charge in [-0.15, -0.1) is 24.0 Å². The number of nitrogens with zero attached hydrogens (tertiary/aromatic N) is 2. The first-order valence-corrected chi connectivity index (χ1v) is 9.22. The second kappa shape index (κ2) is 11.9. The van der Waals surface area contributed by atoms with E-state index in [2.05, 4.69) is 10.3 Å². The highest BCUT2D eigenvalue weighted by Crippen LogP contribution is 2.29. The largest absolute Gasteiger partial charge is 0.416 e. The van der Waals surface area contributed by atoms with Gasteiger partial charge in [0.15, 0.2) is 5.96 Å². The first-order valence-electron chi connectivity index (χ1n) is 9.22. The van der Waals surface area contributed by atoms with Gasteiger partial charge in [0.2, 0.25) is 5.91 Å². The van der Waals surface area contributed by atoms with Gasteiger partial charge in [0, 0.05) is 27.2 Å². The summed E-state index contributed by atoms with van der Waals surface area (Å²) in [5, 5.41) is 3.06. The third-order valence-electron chi connectivity index (χ3n) is 4.58. The third kappa shape index (κ3) is 8.35. The van der Waals surface area contributed by atoms with E-state index >= 15 is 0 Å². The number of hydrogen-bond acceptors (Lipinski definition) is 2. The maximum atomic E-state index is 13.0. The number of primary amides is 1. The minimum absolute atomic E-state index is 0. The number of benzene rings is 2. The molecule has 0 saturated carbocycles. The molecule has 1 amide bonds. The van der Waals surface area contributed by atoms with Crippen LogP contribution in [0.3, 0.4) is 0 Å². The Kier molecular flexibility index (Phi) is 10.2. The van der Waals surface area contributed by atoms with E-state index in [1.54, 1.807) is 31.1 Å². The number of nitrogens with two attached hydrogens (primary N) is 1. The van der Waals surface area contributed by atoms with Gasteiger partial charge in [0.25, 0.3) is 0 Å². The number of nitrogens with one attached hydrogen (secondary N) is 1. The molecule has 0 aliphatic rings. The Morgan fingerprint density at radius 3 is 2.13 bits per heavy atom. The van der Waals surface area contributed by atoms with Crippen molar-refractivity contribution in [2.75, 3.05) is 20.6 Å². The predicted octanol–water partition coefficient (Wildman–Crippen LogP) is 3.81. The fourth-order valence-electron chi connectivity index (χ4n) is 2.93. The summed E-state index contributed by atoms with van der Waals surface area (Å²) >= 11 is 0. The zero-order chi connectivity index (χ0) is 22.3. The number of halogens is 5. The molecule has 1 atom stereocenters. The van der Waals surface area contributed by atoms with Gasteiger partial charge in [-0.2, -0.15) is 13.2 Å². The summed E-state index contributed by atoms with van der Waals surface area (Å²) in [4.78, 5) is 17.7. The van der Waals surface area contributed by atoms with Crippen LogP contribution < -0.4 is 11.1 Å². The molecule has 0 spiro atoms.